The molecule has 0 radical (unpaired) electrons. The summed E-state index contributed by atoms with van der Waals surface area (Å²) in [5, 5.41) is 4.10. The van der Waals surface area contributed by atoms with Crippen molar-refractivity contribution in [3.05, 3.63) is 36.2 Å². The SMILES string of the molecule is C[C@@H]1CCN(Cc2cnn3ccccc23)CCS1(=O)=O. The van der Waals surface area contributed by atoms with Gasteiger partial charge in [-0.2, -0.15) is 5.10 Å². The lowest BCUT2D eigenvalue weighted by molar-refractivity contribution is 0.284. The van der Waals surface area contributed by atoms with Gasteiger partial charge in [0.1, 0.15) is 0 Å². The molecule has 108 valence electrons. The Morgan fingerprint density at radius 1 is 1.35 bits per heavy atom. The van der Waals surface area contributed by atoms with Gasteiger partial charge in [0.05, 0.1) is 22.7 Å². The topological polar surface area (TPSA) is 54.7 Å². The molecule has 1 saturated heterocycles. The van der Waals surface area contributed by atoms with Gasteiger partial charge in [0.25, 0.3) is 0 Å². The lowest BCUT2D eigenvalue weighted by Gasteiger charge is -2.18. The molecule has 0 aliphatic carbocycles. The zero-order valence-corrected chi connectivity index (χ0v) is 12.4. The van der Waals surface area contributed by atoms with Crippen molar-refractivity contribution in [1.29, 1.82) is 0 Å². The van der Waals surface area contributed by atoms with Gasteiger partial charge in [0.15, 0.2) is 9.84 Å². The Hall–Kier alpha value is -1.40. The fourth-order valence-electron chi connectivity index (χ4n) is 2.62. The van der Waals surface area contributed by atoms with E-state index in [9.17, 15) is 8.42 Å². The van der Waals surface area contributed by atoms with Crippen LogP contribution < -0.4 is 0 Å². The van der Waals surface area contributed by atoms with Crippen LogP contribution in [0.5, 0.6) is 0 Å². The van der Waals surface area contributed by atoms with Gasteiger partial charge < -0.3 is 0 Å². The molecule has 0 aromatic carbocycles. The van der Waals surface area contributed by atoms with E-state index in [0.717, 1.165) is 24.2 Å². The summed E-state index contributed by atoms with van der Waals surface area (Å²) < 4.78 is 25.7. The second-order valence-electron chi connectivity index (χ2n) is 5.44. The molecule has 2 aromatic rings. The molecule has 3 rings (SSSR count). The van der Waals surface area contributed by atoms with E-state index in [1.54, 1.807) is 0 Å². The van der Waals surface area contributed by atoms with Crippen molar-refractivity contribution >= 4 is 15.4 Å². The first-order chi connectivity index (χ1) is 9.56. The lowest BCUT2D eigenvalue weighted by atomic mass is 10.2. The van der Waals surface area contributed by atoms with Crippen LogP contribution in [0.4, 0.5) is 0 Å². The number of sulfone groups is 1. The molecule has 20 heavy (non-hydrogen) atoms. The predicted molar refractivity (Wildman–Crippen MR) is 78.3 cm³/mol. The van der Waals surface area contributed by atoms with E-state index in [2.05, 4.69) is 10.00 Å². The number of hydrogen-bond acceptors (Lipinski definition) is 4. The van der Waals surface area contributed by atoms with E-state index in [1.165, 1.54) is 0 Å². The van der Waals surface area contributed by atoms with Gasteiger partial charge in [-0.1, -0.05) is 6.07 Å². The Kier molecular flexibility index (Phi) is 3.52. The maximum Gasteiger partial charge on any atom is 0.154 e. The van der Waals surface area contributed by atoms with E-state index in [0.29, 0.717) is 13.0 Å². The smallest absolute Gasteiger partial charge is 0.154 e. The quantitative estimate of drug-likeness (QED) is 0.838. The van der Waals surface area contributed by atoms with Crippen molar-refractivity contribution in [3.63, 3.8) is 0 Å². The molecular weight excluding hydrogens is 274 g/mol. The molecule has 6 heteroatoms. The second-order valence-corrected chi connectivity index (χ2v) is 7.98. The highest BCUT2D eigenvalue weighted by atomic mass is 32.2. The monoisotopic (exact) mass is 293 g/mol. The van der Waals surface area contributed by atoms with Crippen LogP contribution in [0.3, 0.4) is 0 Å². The molecule has 0 spiro atoms. The third-order valence-electron chi connectivity index (χ3n) is 4.06. The minimum atomic E-state index is -2.91. The van der Waals surface area contributed by atoms with E-state index in [1.807, 2.05) is 42.0 Å². The number of nitrogens with zero attached hydrogens (tertiary/aromatic N) is 3. The molecule has 0 amide bonds. The largest absolute Gasteiger partial charge is 0.298 e. The normalized spacial score (nSPS) is 23.8. The van der Waals surface area contributed by atoms with Gasteiger partial charge in [-0.05, 0) is 32.0 Å². The third kappa shape index (κ3) is 2.58. The average Bonchev–Trinajstić information content (AvgIpc) is 2.79. The summed E-state index contributed by atoms with van der Waals surface area (Å²) >= 11 is 0. The van der Waals surface area contributed by atoms with Crippen LogP contribution in [-0.4, -0.2) is 47.0 Å². The molecule has 3 heterocycles. The lowest BCUT2D eigenvalue weighted by Crippen LogP contribution is -2.26. The van der Waals surface area contributed by atoms with Crippen LogP contribution >= 0.6 is 0 Å². The van der Waals surface area contributed by atoms with Crippen LogP contribution in [0.2, 0.25) is 0 Å². The maximum atomic E-state index is 11.9. The number of pyridine rings is 1. The summed E-state index contributed by atoms with van der Waals surface area (Å²) in [4.78, 5) is 2.21. The molecule has 1 atom stereocenters. The van der Waals surface area contributed by atoms with E-state index < -0.39 is 9.84 Å². The molecule has 5 nitrogen and oxygen atoms in total. The summed E-state index contributed by atoms with van der Waals surface area (Å²) in [5.41, 5.74) is 2.24. The summed E-state index contributed by atoms with van der Waals surface area (Å²) in [7, 11) is -2.91. The first-order valence-corrected chi connectivity index (χ1v) is 8.63. The molecule has 1 aliphatic rings. The van der Waals surface area contributed by atoms with Gasteiger partial charge in [-0.15, -0.1) is 0 Å². The van der Waals surface area contributed by atoms with Gasteiger partial charge in [-0.25, -0.2) is 12.9 Å². The van der Waals surface area contributed by atoms with E-state index in [-0.39, 0.29) is 11.0 Å². The Labute approximate surface area is 119 Å². The van der Waals surface area contributed by atoms with Gasteiger partial charge >= 0.3 is 0 Å². The molecule has 0 N–H and O–H groups in total. The van der Waals surface area contributed by atoms with Crippen LogP contribution in [0, 0.1) is 0 Å². The summed E-state index contributed by atoms with van der Waals surface area (Å²) in [6, 6.07) is 5.99. The molecular formula is C14H19N3O2S. The third-order valence-corrected chi connectivity index (χ3v) is 6.27. The van der Waals surface area contributed by atoms with E-state index in [4.69, 9.17) is 0 Å². The molecule has 0 unspecified atom stereocenters. The van der Waals surface area contributed by atoms with Crippen LogP contribution in [0.15, 0.2) is 30.6 Å². The number of hydrogen-bond donors (Lipinski definition) is 0. The number of rotatable bonds is 2. The first-order valence-electron chi connectivity index (χ1n) is 6.91. The van der Waals surface area contributed by atoms with Gasteiger partial charge in [-0.3, -0.25) is 4.90 Å². The highest BCUT2D eigenvalue weighted by molar-refractivity contribution is 7.92. The second kappa shape index (κ2) is 5.18. The minimum Gasteiger partial charge on any atom is -0.298 e. The summed E-state index contributed by atoms with van der Waals surface area (Å²) in [5.74, 6) is 0.257. The fraction of sp³-hybridized carbons (Fsp3) is 0.500. The van der Waals surface area contributed by atoms with Gasteiger partial charge in [0, 0.05) is 24.8 Å². The fourth-order valence-corrected chi connectivity index (χ4v) is 4.00. The highest BCUT2D eigenvalue weighted by Crippen LogP contribution is 2.17. The van der Waals surface area contributed by atoms with E-state index >= 15 is 0 Å². The van der Waals surface area contributed by atoms with Crippen LogP contribution in [0.1, 0.15) is 18.9 Å². The molecule has 2 aromatic heterocycles. The minimum absolute atomic E-state index is 0.226. The summed E-state index contributed by atoms with van der Waals surface area (Å²) in [6.07, 6.45) is 4.51. The Bertz CT molecular complexity index is 708. The Morgan fingerprint density at radius 2 is 2.20 bits per heavy atom. The zero-order chi connectivity index (χ0) is 14.2. The van der Waals surface area contributed by atoms with Crippen molar-refractivity contribution in [2.45, 2.75) is 25.1 Å². The molecule has 0 saturated carbocycles. The standard InChI is InChI=1S/C14H19N3O2S/c1-12-5-7-16(8-9-20(12,18)19)11-13-10-15-17-6-3-2-4-14(13)17/h2-4,6,10,12H,5,7-9,11H2,1H3/t12-/m1/s1. The molecule has 1 aliphatic heterocycles. The predicted octanol–water partition coefficient (Wildman–Crippen LogP) is 1.34. The van der Waals surface area contributed by atoms with Gasteiger partial charge in [0.2, 0.25) is 0 Å². The number of aromatic nitrogens is 2. The highest BCUT2D eigenvalue weighted by Gasteiger charge is 2.26. The zero-order valence-electron chi connectivity index (χ0n) is 11.6. The van der Waals surface area contributed by atoms with Crippen molar-refractivity contribution in [2.24, 2.45) is 0 Å². The van der Waals surface area contributed by atoms with Crippen molar-refractivity contribution in [2.75, 3.05) is 18.8 Å². The average molecular weight is 293 g/mol. The Balaban J connectivity index is 1.78. The maximum absolute atomic E-state index is 11.9. The summed E-state index contributed by atoms with van der Waals surface area (Å²) in [6.45, 7) is 4.01. The molecule has 1 fully saturated rings. The van der Waals surface area contributed by atoms with Crippen LogP contribution in [0.25, 0.3) is 5.52 Å². The first kappa shape index (κ1) is 13.6. The number of fused-ring (bicyclic) bond motifs is 1. The van der Waals surface area contributed by atoms with Crippen LogP contribution in [-0.2, 0) is 16.4 Å². The van der Waals surface area contributed by atoms with Crippen molar-refractivity contribution < 1.29 is 8.42 Å². The Morgan fingerprint density at radius 3 is 3.05 bits per heavy atom. The molecule has 0 bridgehead atoms. The van der Waals surface area contributed by atoms with Crippen molar-refractivity contribution in [1.82, 2.24) is 14.5 Å². The van der Waals surface area contributed by atoms with Crippen molar-refractivity contribution in [3.8, 4) is 0 Å².